The SMILES string of the molecule is Nc1ccc(N2CCC(N3CCC(NC(=O)OCc4ccccc4)CC3)CC2)c(F)c1. The minimum absolute atomic E-state index is 0.156. The number of halogens is 1. The van der Waals surface area contributed by atoms with E-state index in [9.17, 15) is 9.18 Å². The zero-order valence-electron chi connectivity index (χ0n) is 17.8. The molecule has 0 aromatic heterocycles. The molecule has 31 heavy (non-hydrogen) atoms. The summed E-state index contributed by atoms with van der Waals surface area (Å²) in [5.41, 5.74) is 7.74. The van der Waals surface area contributed by atoms with Crippen molar-refractivity contribution in [3.05, 3.63) is 59.9 Å². The molecule has 0 unspecified atom stereocenters. The highest BCUT2D eigenvalue weighted by atomic mass is 19.1. The molecule has 3 N–H and O–H groups in total. The van der Waals surface area contributed by atoms with E-state index in [4.69, 9.17) is 10.5 Å². The van der Waals surface area contributed by atoms with Crippen LogP contribution in [0.3, 0.4) is 0 Å². The lowest BCUT2D eigenvalue weighted by molar-refractivity contribution is 0.108. The van der Waals surface area contributed by atoms with E-state index in [0.717, 1.165) is 57.4 Å². The number of ether oxygens (including phenoxy) is 1. The number of alkyl carbamates (subject to hydrolysis) is 1. The van der Waals surface area contributed by atoms with Gasteiger partial charge in [-0.05, 0) is 49.4 Å². The molecule has 2 heterocycles. The fraction of sp³-hybridized carbons (Fsp3) is 0.458. The minimum atomic E-state index is -0.346. The Morgan fingerprint density at radius 2 is 1.74 bits per heavy atom. The summed E-state index contributed by atoms with van der Waals surface area (Å²) in [5, 5.41) is 3.00. The van der Waals surface area contributed by atoms with Crippen molar-refractivity contribution in [2.75, 3.05) is 36.8 Å². The maximum Gasteiger partial charge on any atom is 0.407 e. The molecule has 6 nitrogen and oxygen atoms in total. The van der Waals surface area contributed by atoms with Gasteiger partial charge < -0.3 is 25.6 Å². The minimum Gasteiger partial charge on any atom is -0.445 e. The molecule has 0 atom stereocenters. The second-order valence-electron chi connectivity index (χ2n) is 8.45. The first-order valence-corrected chi connectivity index (χ1v) is 11.1. The molecular weight excluding hydrogens is 395 g/mol. The third kappa shape index (κ3) is 5.67. The zero-order chi connectivity index (χ0) is 21.6. The number of carbonyl (C=O) groups excluding carboxylic acids is 1. The van der Waals surface area contributed by atoms with Gasteiger partial charge in [0.1, 0.15) is 12.4 Å². The maximum atomic E-state index is 14.2. The molecule has 1 amide bonds. The average molecular weight is 427 g/mol. The third-order valence-electron chi connectivity index (χ3n) is 6.36. The van der Waals surface area contributed by atoms with E-state index >= 15 is 0 Å². The highest BCUT2D eigenvalue weighted by molar-refractivity contribution is 5.67. The number of likely N-dealkylation sites (tertiary alicyclic amines) is 1. The molecule has 2 aliphatic rings. The topological polar surface area (TPSA) is 70.8 Å². The van der Waals surface area contributed by atoms with Gasteiger partial charge in [0.05, 0.1) is 5.69 Å². The van der Waals surface area contributed by atoms with Crippen LogP contribution in [-0.2, 0) is 11.3 Å². The second kappa shape index (κ2) is 10.0. The van der Waals surface area contributed by atoms with Crippen LogP contribution < -0.4 is 16.0 Å². The summed E-state index contributed by atoms with van der Waals surface area (Å²) in [5.74, 6) is -0.246. The van der Waals surface area contributed by atoms with E-state index in [1.807, 2.05) is 30.3 Å². The molecule has 0 bridgehead atoms. The Hall–Kier alpha value is -2.80. The molecule has 0 spiro atoms. The highest BCUT2D eigenvalue weighted by Gasteiger charge is 2.29. The van der Waals surface area contributed by atoms with Crippen LogP contribution in [0, 0.1) is 5.82 Å². The van der Waals surface area contributed by atoms with Crippen LogP contribution in [0.15, 0.2) is 48.5 Å². The van der Waals surface area contributed by atoms with Gasteiger partial charge in [-0.25, -0.2) is 9.18 Å². The van der Waals surface area contributed by atoms with Crippen molar-refractivity contribution < 1.29 is 13.9 Å². The summed E-state index contributed by atoms with van der Waals surface area (Å²) < 4.78 is 19.5. The molecule has 7 heteroatoms. The number of piperidine rings is 2. The van der Waals surface area contributed by atoms with Crippen LogP contribution in [-0.4, -0.2) is 49.3 Å². The second-order valence-corrected chi connectivity index (χ2v) is 8.45. The van der Waals surface area contributed by atoms with Crippen LogP contribution in [0.4, 0.5) is 20.6 Å². The van der Waals surface area contributed by atoms with Gasteiger partial charge in [0.25, 0.3) is 0 Å². The van der Waals surface area contributed by atoms with Crippen LogP contribution in [0.25, 0.3) is 0 Å². The first-order chi connectivity index (χ1) is 15.1. The van der Waals surface area contributed by atoms with Crippen LogP contribution >= 0.6 is 0 Å². The normalized spacial score (nSPS) is 18.7. The summed E-state index contributed by atoms with van der Waals surface area (Å²) in [6.45, 7) is 3.90. The summed E-state index contributed by atoms with van der Waals surface area (Å²) >= 11 is 0. The number of carbonyl (C=O) groups is 1. The molecule has 2 aromatic carbocycles. The van der Waals surface area contributed by atoms with Crippen molar-refractivity contribution in [2.24, 2.45) is 0 Å². The Bertz CT molecular complexity index is 863. The Balaban J connectivity index is 1.18. The van der Waals surface area contributed by atoms with E-state index in [0.29, 0.717) is 24.0 Å². The van der Waals surface area contributed by atoms with Crippen molar-refractivity contribution in [3.8, 4) is 0 Å². The number of benzene rings is 2. The number of hydrogen-bond acceptors (Lipinski definition) is 5. The number of amides is 1. The van der Waals surface area contributed by atoms with E-state index in [1.165, 1.54) is 6.07 Å². The summed E-state index contributed by atoms with van der Waals surface area (Å²) in [7, 11) is 0. The van der Waals surface area contributed by atoms with Crippen LogP contribution in [0.5, 0.6) is 0 Å². The van der Waals surface area contributed by atoms with E-state index in [2.05, 4.69) is 15.1 Å². The molecule has 2 aromatic rings. The van der Waals surface area contributed by atoms with Gasteiger partial charge in [0.15, 0.2) is 0 Å². The fourth-order valence-electron chi connectivity index (χ4n) is 4.59. The van der Waals surface area contributed by atoms with Gasteiger partial charge in [-0.1, -0.05) is 30.3 Å². The number of rotatable bonds is 5. The molecule has 2 fully saturated rings. The number of anilines is 2. The Morgan fingerprint density at radius 1 is 1.03 bits per heavy atom. The van der Waals surface area contributed by atoms with Gasteiger partial charge >= 0.3 is 6.09 Å². The predicted molar refractivity (Wildman–Crippen MR) is 120 cm³/mol. The number of nitrogens with one attached hydrogen (secondary N) is 1. The quantitative estimate of drug-likeness (QED) is 0.713. The molecule has 166 valence electrons. The van der Waals surface area contributed by atoms with Crippen molar-refractivity contribution >= 4 is 17.5 Å². The van der Waals surface area contributed by atoms with Gasteiger partial charge in [-0.3, -0.25) is 0 Å². The molecule has 0 saturated carbocycles. The summed E-state index contributed by atoms with van der Waals surface area (Å²) in [6, 6.07) is 15.3. The molecule has 2 saturated heterocycles. The monoisotopic (exact) mass is 426 g/mol. The molecule has 2 aliphatic heterocycles. The Morgan fingerprint density at radius 3 is 2.42 bits per heavy atom. The number of nitrogen functional groups attached to an aromatic ring is 1. The maximum absolute atomic E-state index is 14.2. The first-order valence-electron chi connectivity index (χ1n) is 11.1. The van der Waals surface area contributed by atoms with Crippen LogP contribution in [0.2, 0.25) is 0 Å². The molecule has 0 aliphatic carbocycles. The highest BCUT2D eigenvalue weighted by Crippen LogP contribution is 2.27. The number of nitrogens with zero attached hydrogens (tertiary/aromatic N) is 2. The lowest BCUT2D eigenvalue weighted by Crippen LogP contribution is -2.51. The summed E-state index contributed by atoms with van der Waals surface area (Å²) in [4.78, 5) is 16.7. The van der Waals surface area contributed by atoms with Crippen LogP contribution in [0.1, 0.15) is 31.2 Å². The standard InChI is InChI=1S/C24H31FN4O2/c25-22-16-19(26)6-7-23(22)29-14-10-21(11-15-29)28-12-8-20(9-13-28)27-24(30)31-17-18-4-2-1-3-5-18/h1-7,16,20-21H,8-15,17,26H2,(H,27,30). The molecular formula is C24H31FN4O2. The average Bonchev–Trinajstić information content (AvgIpc) is 2.79. The first kappa shape index (κ1) is 21.4. The van der Waals surface area contributed by atoms with Gasteiger partial charge in [-0.15, -0.1) is 0 Å². The van der Waals surface area contributed by atoms with Crippen molar-refractivity contribution in [1.29, 1.82) is 0 Å². The number of nitrogens with two attached hydrogens (primary N) is 1. The third-order valence-corrected chi connectivity index (χ3v) is 6.36. The van der Waals surface area contributed by atoms with E-state index in [-0.39, 0.29) is 18.0 Å². The van der Waals surface area contributed by atoms with Crippen molar-refractivity contribution in [3.63, 3.8) is 0 Å². The van der Waals surface area contributed by atoms with Gasteiger partial charge in [-0.2, -0.15) is 0 Å². The Kier molecular flexibility index (Phi) is 6.92. The lowest BCUT2D eigenvalue weighted by atomic mass is 9.97. The molecule has 0 radical (unpaired) electrons. The smallest absolute Gasteiger partial charge is 0.407 e. The summed E-state index contributed by atoms with van der Waals surface area (Å²) in [6.07, 6.45) is 3.53. The molecule has 4 rings (SSSR count). The zero-order valence-corrected chi connectivity index (χ0v) is 17.8. The van der Waals surface area contributed by atoms with Crippen molar-refractivity contribution in [2.45, 2.75) is 44.4 Å². The number of hydrogen-bond donors (Lipinski definition) is 2. The largest absolute Gasteiger partial charge is 0.445 e. The fourth-order valence-corrected chi connectivity index (χ4v) is 4.59. The lowest BCUT2D eigenvalue weighted by Gasteiger charge is -2.42. The van der Waals surface area contributed by atoms with Crippen molar-refractivity contribution in [1.82, 2.24) is 10.2 Å². The van der Waals surface area contributed by atoms with E-state index in [1.54, 1.807) is 12.1 Å². The van der Waals surface area contributed by atoms with Gasteiger partial charge in [0.2, 0.25) is 0 Å². The Labute approximate surface area is 183 Å². The predicted octanol–water partition coefficient (Wildman–Crippen LogP) is 3.77. The van der Waals surface area contributed by atoms with E-state index < -0.39 is 0 Å². The van der Waals surface area contributed by atoms with Gasteiger partial charge in [0, 0.05) is 44.0 Å².